The standard InChI is InChI=1S/C20H23NO3/c1-4-13-23-19-8-6-7-17(14-19)21-20(22)16-9-11-18(12-10-16)24-15(3)5-2/h4,6-12,14-15H,1,5,13H2,2-3H3,(H,21,22). The van der Waals surface area contributed by atoms with E-state index in [0.717, 1.165) is 12.2 Å². The van der Waals surface area contributed by atoms with Crippen molar-refractivity contribution in [2.75, 3.05) is 11.9 Å². The highest BCUT2D eigenvalue weighted by Gasteiger charge is 2.08. The molecular weight excluding hydrogens is 302 g/mol. The first-order valence-electron chi connectivity index (χ1n) is 8.04. The van der Waals surface area contributed by atoms with Crippen LogP contribution < -0.4 is 14.8 Å². The Kier molecular flexibility index (Phi) is 6.43. The smallest absolute Gasteiger partial charge is 0.255 e. The number of hydrogen-bond donors (Lipinski definition) is 1. The van der Waals surface area contributed by atoms with Gasteiger partial charge in [0.2, 0.25) is 0 Å². The van der Waals surface area contributed by atoms with E-state index in [1.165, 1.54) is 0 Å². The summed E-state index contributed by atoms with van der Waals surface area (Å²) in [5.41, 5.74) is 1.26. The molecule has 24 heavy (non-hydrogen) atoms. The second kappa shape index (κ2) is 8.77. The Balaban J connectivity index is 2.00. The van der Waals surface area contributed by atoms with Crippen LogP contribution in [-0.2, 0) is 0 Å². The normalized spacial score (nSPS) is 11.4. The molecule has 2 aromatic carbocycles. The Morgan fingerprint density at radius 3 is 2.62 bits per heavy atom. The highest BCUT2D eigenvalue weighted by molar-refractivity contribution is 6.04. The first kappa shape index (κ1) is 17.6. The summed E-state index contributed by atoms with van der Waals surface area (Å²) in [5, 5.41) is 2.86. The van der Waals surface area contributed by atoms with Crippen molar-refractivity contribution in [2.45, 2.75) is 26.4 Å². The average Bonchev–Trinajstić information content (AvgIpc) is 2.60. The van der Waals surface area contributed by atoms with E-state index in [4.69, 9.17) is 9.47 Å². The predicted octanol–water partition coefficient (Wildman–Crippen LogP) is 4.68. The summed E-state index contributed by atoms with van der Waals surface area (Å²) in [6.07, 6.45) is 2.77. The minimum absolute atomic E-state index is 0.156. The van der Waals surface area contributed by atoms with E-state index in [2.05, 4.69) is 18.8 Å². The molecule has 2 aromatic rings. The molecular formula is C20H23NO3. The van der Waals surface area contributed by atoms with Crippen LogP contribution in [0.3, 0.4) is 0 Å². The molecule has 0 aromatic heterocycles. The van der Waals surface area contributed by atoms with Gasteiger partial charge in [-0.15, -0.1) is 0 Å². The van der Waals surface area contributed by atoms with Gasteiger partial charge >= 0.3 is 0 Å². The Bertz CT molecular complexity index is 680. The molecule has 1 amide bonds. The zero-order chi connectivity index (χ0) is 17.4. The van der Waals surface area contributed by atoms with Gasteiger partial charge in [0.05, 0.1) is 6.10 Å². The lowest BCUT2D eigenvalue weighted by Crippen LogP contribution is -2.12. The highest BCUT2D eigenvalue weighted by atomic mass is 16.5. The van der Waals surface area contributed by atoms with Gasteiger partial charge in [-0.25, -0.2) is 0 Å². The van der Waals surface area contributed by atoms with Gasteiger partial charge in [0, 0.05) is 17.3 Å². The van der Waals surface area contributed by atoms with Crippen molar-refractivity contribution in [1.82, 2.24) is 0 Å². The van der Waals surface area contributed by atoms with Crippen molar-refractivity contribution in [3.8, 4) is 11.5 Å². The zero-order valence-electron chi connectivity index (χ0n) is 14.1. The van der Waals surface area contributed by atoms with Gasteiger partial charge in [0.15, 0.2) is 0 Å². The van der Waals surface area contributed by atoms with Crippen molar-refractivity contribution >= 4 is 11.6 Å². The first-order chi connectivity index (χ1) is 11.6. The number of ether oxygens (including phenoxy) is 2. The van der Waals surface area contributed by atoms with Crippen LogP contribution in [0.5, 0.6) is 11.5 Å². The summed E-state index contributed by atoms with van der Waals surface area (Å²) in [5.74, 6) is 1.27. The molecule has 0 aliphatic heterocycles. The van der Waals surface area contributed by atoms with Crippen LogP contribution in [-0.4, -0.2) is 18.6 Å². The molecule has 4 nitrogen and oxygen atoms in total. The minimum Gasteiger partial charge on any atom is -0.491 e. The second-order valence-corrected chi connectivity index (χ2v) is 5.44. The molecule has 1 unspecified atom stereocenters. The lowest BCUT2D eigenvalue weighted by Gasteiger charge is -2.13. The van der Waals surface area contributed by atoms with Gasteiger partial charge in [-0.2, -0.15) is 0 Å². The van der Waals surface area contributed by atoms with Gasteiger partial charge in [0.1, 0.15) is 18.1 Å². The van der Waals surface area contributed by atoms with Gasteiger partial charge < -0.3 is 14.8 Å². The molecule has 0 aliphatic carbocycles. The summed E-state index contributed by atoms with van der Waals surface area (Å²) in [4.78, 5) is 12.3. The van der Waals surface area contributed by atoms with Gasteiger partial charge in [0.25, 0.3) is 5.91 Å². The van der Waals surface area contributed by atoms with Crippen molar-refractivity contribution in [3.63, 3.8) is 0 Å². The molecule has 0 saturated carbocycles. The van der Waals surface area contributed by atoms with E-state index in [9.17, 15) is 4.79 Å². The molecule has 2 rings (SSSR count). The molecule has 0 heterocycles. The maximum Gasteiger partial charge on any atom is 0.255 e. The van der Waals surface area contributed by atoms with Gasteiger partial charge in [-0.1, -0.05) is 25.6 Å². The number of rotatable bonds is 8. The fourth-order valence-electron chi connectivity index (χ4n) is 2.02. The summed E-state index contributed by atoms with van der Waals surface area (Å²) in [6.45, 7) is 8.12. The maximum atomic E-state index is 12.3. The van der Waals surface area contributed by atoms with Crippen LogP contribution in [0.25, 0.3) is 0 Å². The topological polar surface area (TPSA) is 47.6 Å². The van der Waals surface area contributed by atoms with E-state index in [-0.39, 0.29) is 12.0 Å². The summed E-state index contributed by atoms with van der Waals surface area (Å²) in [6, 6.07) is 14.4. The third-order valence-corrected chi connectivity index (χ3v) is 3.49. The van der Waals surface area contributed by atoms with E-state index in [1.807, 2.05) is 37.3 Å². The molecule has 0 bridgehead atoms. The van der Waals surface area contributed by atoms with Crippen LogP contribution >= 0.6 is 0 Å². The largest absolute Gasteiger partial charge is 0.491 e. The summed E-state index contributed by atoms with van der Waals surface area (Å²) in [7, 11) is 0. The Morgan fingerprint density at radius 1 is 1.21 bits per heavy atom. The second-order valence-electron chi connectivity index (χ2n) is 5.44. The minimum atomic E-state index is -0.175. The fraction of sp³-hybridized carbons (Fsp3) is 0.250. The lowest BCUT2D eigenvalue weighted by molar-refractivity contribution is 0.102. The monoisotopic (exact) mass is 325 g/mol. The third-order valence-electron chi connectivity index (χ3n) is 3.49. The van der Waals surface area contributed by atoms with Crippen molar-refractivity contribution < 1.29 is 14.3 Å². The first-order valence-corrected chi connectivity index (χ1v) is 8.04. The van der Waals surface area contributed by atoms with Crippen LogP contribution in [0.1, 0.15) is 30.6 Å². The third kappa shape index (κ3) is 5.16. The quantitative estimate of drug-likeness (QED) is 0.717. The van der Waals surface area contributed by atoms with Gasteiger partial charge in [-0.3, -0.25) is 4.79 Å². The summed E-state index contributed by atoms with van der Waals surface area (Å²) >= 11 is 0. The average molecular weight is 325 g/mol. The number of hydrogen-bond acceptors (Lipinski definition) is 3. The number of anilines is 1. The number of benzene rings is 2. The molecule has 0 spiro atoms. The van der Waals surface area contributed by atoms with Crippen molar-refractivity contribution in [2.24, 2.45) is 0 Å². The highest BCUT2D eigenvalue weighted by Crippen LogP contribution is 2.19. The Labute approximate surface area is 143 Å². The van der Waals surface area contributed by atoms with Crippen LogP contribution in [0.15, 0.2) is 61.2 Å². The van der Waals surface area contributed by atoms with E-state index >= 15 is 0 Å². The van der Waals surface area contributed by atoms with E-state index < -0.39 is 0 Å². The predicted molar refractivity (Wildman–Crippen MR) is 96.9 cm³/mol. The number of carbonyl (C=O) groups excluding carboxylic acids is 1. The molecule has 1 N–H and O–H groups in total. The maximum absolute atomic E-state index is 12.3. The van der Waals surface area contributed by atoms with Gasteiger partial charge in [-0.05, 0) is 49.7 Å². The Morgan fingerprint density at radius 2 is 1.96 bits per heavy atom. The molecule has 4 heteroatoms. The molecule has 0 aliphatic rings. The van der Waals surface area contributed by atoms with E-state index in [1.54, 1.807) is 24.3 Å². The van der Waals surface area contributed by atoms with E-state index in [0.29, 0.717) is 23.6 Å². The van der Waals surface area contributed by atoms with Crippen LogP contribution in [0, 0.1) is 0 Å². The van der Waals surface area contributed by atoms with Crippen LogP contribution in [0.2, 0.25) is 0 Å². The molecule has 126 valence electrons. The number of carbonyl (C=O) groups is 1. The van der Waals surface area contributed by atoms with Crippen LogP contribution in [0.4, 0.5) is 5.69 Å². The van der Waals surface area contributed by atoms with Crippen molar-refractivity contribution in [1.29, 1.82) is 0 Å². The fourth-order valence-corrected chi connectivity index (χ4v) is 2.02. The van der Waals surface area contributed by atoms with Crippen molar-refractivity contribution in [3.05, 3.63) is 66.7 Å². The lowest BCUT2D eigenvalue weighted by atomic mass is 10.2. The molecule has 0 saturated heterocycles. The SMILES string of the molecule is C=CCOc1cccc(NC(=O)c2ccc(OC(C)CC)cc2)c1. The zero-order valence-corrected chi connectivity index (χ0v) is 14.1. The summed E-state index contributed by atoms with van der Waals surface area (Å²) < 4.78 is 11.2. The Hall–Kier alpha value is -2.75. The molecule has 0 radical (unpaired) electrons. The number of amides is 1. The number of nitrogens with one attached hydrogen (secondary N) is 1. The molecule has 0 fully saturated rings. The molecule has 1 atom stereocenters.